The van der Waals surface area contributed by atoms with Crippen molar-refractivity contribution in [2.24, 2.45) is 12.1 Å². The third kappa shape index (κ3) is 2.14. The summed E-state index contributed by atoms with van der Waals surface area (Å²) in [5.74, 6) is 0. The van der Waals surface area contributed by atoms with E-state index >= 15 is 0 Å². The van der Waals surface area contributed by atoms with Crippen LogP contribution < -0.4 is 5.43 Å². The zero-order valence-electron chi connectivity index (χ0n) is 7.90. The van der Waals surface area contributed by atoms with Crippen LogP contribution in [0.2, 0.25) is 0 Å². The molecule has 1 N–H and O–H groups in total. The summed E-state index contributed by atoms with van der Waals surface area (Å²) in [4.78, 5) is 9.99. The first kappa shape index (κ1) is 9.44. The van der Waals surface area contributed by atoms with E-state index in [2.05, 4.69) is 15.6 Å². The van der Waals surface area contributed by atoms with E-state index in [-0.39, 0.29) is 0 Å². The normalized spacial score (nSPS) is 11.5. The molecule has 0 atom stereocenters. The standard InChI is InChI=1S/C8H12N4O/c1-6(10-9-5-13)8-4-12(3)11-7(8)2/h4-5H,1-3H3,(H,9,13)/b10-6+. The van der Waals surface area contributed by atoms with Gasteiger partial charge in [-0.1, -0.05) is 0 Å². The molecule has 0 bridgehead atoms. The van der Waals surface area contributed by atoms with Gasteiger partial charge in [0.05, 0.1) is 11.4 Å². The van der Waals surface area contributed by atoms with Crippen LogP contribution in [0.1, 0.15) is 18.2 Å². The fraction of sp³-hybridized carbons (Fsp3) is 0.375. The topological polar surface area (TPSA) is 59.3 Å². The highest BCUT2D eigenvalue weighted by molar-refractivity contribution is 5.99. The second-order valence-corrected chi connectivity index (χ2v) is 2.75. The first-order valence-corrected chi connectivity index (χ1v) is 3.89. The number of hydrazone groups is 1. The third-order valence-corrected chi connectivity index (χ3v) is 1.69. The highest BCUT2D eigenvalue weighted by Crippen LogP contribution is 2.05. The van der Waals surface area contributed by atoms with E-state index in [0.29, 0.717) is 6.41 Å². The Morgan fingerprint density at radius 3 is 2.92 bits per heavy atom. The van der Waals surface area contributed by atoms with E-state index < -0.39 is 0 Å². The van der Waals surface area contributed by atoms with Gasteiger partial charge in [-0.15, -0.1) is 0 Å². The molecule has 0 unspecified atom stereocenters. The largest absolute Gasteiger partial charge is 0.277 e. The highest BCUT2D eigenvalue weighted by atomic mass is 16.1. The van der Waals surface area contributed by atoms with Crippen molar-refractivity contribution in [3.63, 3.8) is 0 Å². The molecule has 0 saturated heterocycles. The van der Waals surface area contributed by atoms with Gasteiger partial charge in [0.15, 0.2) is 0 Å². The molecule has 0 aliphatic heterocycles. The van der Waals surface area contributed by atoms with E-state index in [1.54, 1.807) is 4.68 Å². The molecule has 5 nitrogen and oxygen atoms in total. The van der Waals surface area contributed by atoms with Crippen molar-refractivity contribution in [3.8, 4) is 0 Å². The smallest absolute Gasteiger partial charge is 0.227 e. The maximum absolute atomic E-state index is 9.99. The summed E-state index contributed by atoms with van der Waals surface area (Å²) in [5, 5.41) is 7.99. The Balaban J connectivity index is 2.93. The fourth-order valence-corrected chi connectivity index (χ4v) is 1.14. The number of aryl methyl sites for hydroxylation is 2. The third-order valence-electron chi connectivity index (χ3n) is 1.69. The summed E-state index contributed by atoms with van der Waals surface area (Å²) in [6.45, 7) is 3.72. The fourth-order valence-electron chi connectivity index (χ4n) is 1.14. The molecule has 0 saturated carbocycles. The van der Waals surface area contributed by atoms with Crippen LogP contribution in [0.15, 0.2) is 11.3 Å². The molecule has 0 spiro atoms. The molecular formula is C8H12N4O. The summed E-state index contributed by atoms with van der Waals surface area (Å²) >= 11 is 0. The predicted octanol–water partition coefficient (Wildman–Crippen LogP) is 0.199. The Morgan fingerprint density at radius 2 is 2.46 bits per heavy atom. The van der Waals surface area contributed by atoms with Gasteiger partial charge in [0.25, 0.3) is 0 Å². The molecule has 1 amide bonds. The van der Waals surface area contributed by atoms with Crippen molar-refractivity contribution in [2.45, 2.75) is 13.8 Å². The molecule has 1 rings (SSSR count). The summed E-state index contributed by atoms with van der Waals surface area (Å²) in [6.07, 6.45) is 2.40. The lowest BCUT2D eigenvalue weighted by atomic mass is 10.2. The van der Waals surface area contributed by atoms with E-state index in [1.807, 2.05) is 27.1 Å². The number of nitrogens with zero attached hydrogens (tertiary/aromatic N) is 3. The van der Waals surface area contributed by atoms with E-state index in [9.17, 15) is 4.79 Å². The molecule has 0 aliphatic carbocycles. The van der Waals surface area contributed by atoms with E-state index in [0.717, 1.165) is 17.0 Å². The van der Waals surface area contributed by atoms with Gasteiger partial charge in [-0.05, 0) is 13.8 Å². The minimum absolute atomic E-state index is 0.537. The number of hydrogen-bond acceptors (Lipinski definition) is 3. The number of carbonyl (C=O) groups excluding carboxylic acids is 1. The van der Waals surface area contributed by atoms with Crippen LogP contribution in [-0.4, -0.2) is 21.9 Å². The zero-order chi connectivity index (χ0) is 9.84. The van der Waals surface area contributed by atoms with Crippen molar-refractivity contribution >= 4 is 12.1 Å². The second-order valence-electron chi connectivity index (χ2n) is 2.75. The molecule has 1 aromatic rings. The lowest BCUT2D eigenvalue weighted by molar-refractivity contribution is -0.109. The lowest BCUT2D eigenvalue weighted by Crippen LogP contribution is -2.06. The minimum Gasteiger partial charge on any atom is -0.277 e. The molecule has 5 heteroatoms. The Bertz CT molecular complexity index is 340. The molecule has 70 valence electrons. The summed E-state index contributed by atoms with van der Waals surface area (Å²) in [6, 6.07) is 0. The number of amides is 1. The number of aromatic nitrogens is 2. The van der Waals surface area contributed by atoms with Crippen LogP contribution in [0.5, 0.6) is 0 Å². The molecule has 1 aromatic heterocycles. The average Bonchev–Trinajstić information content (AvgIpc) is 2.41. The monoisotopic (exact) mass is 180 g/mol. The van der Waals surface area contributed by atoms with Crippen LogP contribution in [-0.2, 0) is 11.8 Å². The number of carbonyl (C=O) groups is 1. The Hall–Kier alpha value is -1.65. The summed E-state index contributed by atoms with van der Waals surface area (Å²) < 4.78 is 1.71. The van der Waals surface area contributed by atoms with Crippen LogP contribution in [0.4, 0.5) is 0 Å². The number of rotatable bonds is 3. The average molecular weight is 180 g/mol. The van der Waals surface area contributed by atoms with Gasteiger partial charge in [-0.3, -0.25) is 9.48 Å². The second kappa shape index (κ2) is 3.84. The maximum Gasteiger partial charge on any atom is 0.227 e. The van der Waals surface area contributed by atoms with Gasteiger partial charge < -0.3 is 0 Å². The van der Waals surface area contributed by atoms with Gasteiger partial charge in [0.2, 0.25) is 6.41 Å². The molecule has 0 aliphatic rings. The van der Waals surface area contributed by atoms with Crippen molar-refractivity contribution in [2.75, 3.05) is 0 Å². The predicted molar refractivity (Wildman–Crippen MR) is 49.4 cm³/mol. The highest BCUT2D eigenvalue weighted by Gasteiger charge is 2.05. The molecule has 0 fully saturated rings. The number of nitrogens with one attached hydrogen (secondary N) is 1. The van der Waals surface area contributed by atoms with Crippen molar-refractivity contribution < 1.29 is 4.79 Å². The van der Waals surface area contributed by atoms with Crippen LogP contribution in [0.3, 0.4) is 0 Å². The van der Waals surface area contributed by atoms with Crippen molar-refractivity contribution in [1.82, 2.24) is 15.2 Å². The van der Waals surface area contributed by atoms with Gasteiger partial charge in [0, 0.05) is 18.8 Å². The van der Waals surface area contributed by atoms with E-state index in [1.165, 1.54) is 0 Å². The Labute approximate surface area is 76.4 Å². The van der Waals surface area contributed by atoms with E-state index in [4.69, 9.17) is 0 Å². The van der Waals surface area contributed by atoms with Crippen LogP contribution >= 0.6 is 0 Å². The van der Waals surface area contributed by atoms with Crippen LogP contribution in [0, 0.1) is 6.92 Å². The number of hydrogen-bond donors (Lipinski definition) is 1. The van der Waals surface area contributed by atoms with Gasteiger partial charge >= 0.3 is 0 Å². The molecule has 13 heavy (non-hydrogen) atoms. The molecule has 0 aromatic carbocycles. The molecular weight excluding hydrogens is 168 g/mol. The Morgan fingerprint density at radius 1 is 1.77 bits per heavy atom. The van der Waals surface area contributed by atoms with Gasteiger partial charge in [-0.25, -0.2) is 5.43 Å². The maximum atomic E-state index is 9.99. The minimum atomic E-state index is 0.537. The molecule has 1 heterocycles. The molecule has 0 radical (unpaired) electrons. The Kier molecular flexibility index (Phi) is 2.79. The van der Waals surface area contributed by atoms with Gasteiger partial charge in [0.1, 0.15) is 0 Å². The zero-order valence-corrected chi connectivity index (χ0v) is 7.90. The van der Waals surface area contributed by atoms with Crippen molar-refractivity contribution in [1.29, 1.82) is 0 Å². The van der Waals surface area contributed by atoms with Crippen molar-refractivity contribution in [3.05, 3.63) is 17.5 Å². The summed E-state index contributed by atoms with van der Waals surface area (Å²) in [7, 11) is 1.84. The first-order valence-electron chi connectivity index (χ1n) is 3.89. The lowest BCUT2D eigenvalue weighted by Gasteiger charge is -1.95. The summed E-state index contributed by atoms with van der Waals surface area (Å²) in [5.41, 5.74) is 4.84. The van der Waals surface area contributed by atoms with Gasteiger partial charge in [-0.2, -0.15) is 10.2 Å². The quantitative estimate of drug-likeness (QED) is 0.410. The first-order chi connectivity index (χ1) is 6.15. The van der Waals surface area contributed by atoms with Crippen LogP contribution in [0.25, 0.3) is 0 Å². The SMILES string of the molecule is C/C(=N\NC=O)c1cn(C)nc1C.